The van der Waals surface area contributed by atoms with Gasteiger partial charge in [-0.05, 0) is 29.3 Å². The number of nitrogens with two attached hydrogens (primary N) is 1. The van der Waals surface area contributed by atoms with Gasteiger partial charge >= 0.3 is 6.18 Å². The van der Waals surface area contributed by atoms with E-state index in [4.69, 9.17) is 5.73 Å². The molecule has 0 aliphatic rings. The zero-order valence-corrected chi connectivity index (χ0v) is 13.5. The first-order valence-electron chi connectivity index (χ1n) is 7.45. The molecular formula is C18H17F3N2O2. The zero-order chi connectivity index (χ0) is 18.6. The Morgan fingerprint density at radius 1 is 1.04 bits per heavy atom. The second kappa shape index (κ2) is 7.38. The van der Waals surface area contributed by atoms with Crippen LogP contribution in [-0.2, 0) is 23.9 Å². The van der Waals surface area contributed by atoms with Crippen molar-refractivity contribution in [1.82, 2.24) is 4.90 Å². The minimum absolute atomic E-state index is 0.143. The number of hydrogen-bond acceptors (Lipinski definition) is 2. The highest BCUT2D eigenvalue weighted by Gasteiger charge is 2.30. The third-order valence-corrected chi connectivity index (χ3v) is 3.67. The first-order chi connectivity index (χ1) is 11.7. The largest absolute Gasteiger partial charge is 0.416 e. The van der Waals surface area contributed by atoms with Crippen LogP contribution < -0.4 is 5.73 Å². The average molecular weight is 350 g/mol. The van der Waals surface area contributed by atoms with E-state index in [-0.39, 0.29) is 24.4 Å². The molecule has 0 bridgehead atoms. The molecule has 2 amide bonds. The molecule has 4 nitrogen and oxygen atoms in total. The maximum absolute atomic E-state index is 12.7. The molecule has 0 aromatic heterocycles. The maximum atomic E-state index is 12.7. The van der Waals surface area contributed by atoms with Gasteiger partial charge in [0.1, 0.15) is 0 Å². The molecule has 25 heavy (non-hydrogen) atoms. The van der Waals surface area contributed by atoms with Crippen molar-refractivity contribution in [2.24, 2.45) is 5.73 Å². The Labute approximate surface area is 143 Å². The third kappa shape index (κ3) is 5.07. The predicted octanol–water partition coefficient (Wildman–Crippen LogP) is 3.01. The van der Waals surface area contributed by atoms with Crippen molar-refractivity contribution in [3.8, 4) is 0 Å². The van der Waals surface area contributed by atoms with Crippen molar-refractivity contribution in [3.63, 3.8) is 0 Å². The molecule has 0 saturated heterocycles. The van der Waals surface area contributed by atoms with Gasteiger partial charge in [0.15, 0.2) is 0 Å². The first kappa shape index (κ1) is 18.5. The van der Waals surface area contributed by atoms with Crippen LogP contribution in [0.2, 0.25) is 0 Å². The summed E-state index contributed by atoms with van der Waals surface area (Å²) >= 11 is 0. The predicted molar refractivity (Wildman–Crippen MR) is 86.6 cm³/mol. The van der Waals surface area contributed by atoms with Crippen LogP contribution in [0.3, 0.4) is 0 Å². The van der Waals surface area contributed by atoms with Crippen LogP contribution in [-0.4, -0.2) is 23.8 Å². The van der Waals surface area contributed by atoms with Crippen molar-refractivity contribution >= 4 is 11.8 Å². The SMILES string of the molecule is CN(Cc1cccc(C(N)=O)c1)C(=O)Cc1cccc(C(F)(F)F)c1. The number of primary amides is 1. The minimum Gasteiger partial charge on any atom is -0.366 e. The number of hydrogen-bond donors (Lipinski definition) is 1. The molecule has 0 aliphatic heterocycles. The van der Waals surface area contributed by atoms with Crippen molar-refractivity contribution in [2.75, 3.05) is 7.05 Å². The Morgan fingerprint density at radius 2 is 1.68 bits per heavy atom. The molecule has 2 aromatic rings. The van der Waals surface area contributed by atoms with E-state index in [0.717, 1.165) is 12.1 Å². The summed E-state index contributed by atoms with van der Waals surface area (Å²) in [5.41, 5.74) is 5.75. The highest BCUT2D eigenvalue weighted by atomic mass is 19.4. The van der Waals surface area contributed by atoms with E-state index in [9.17, 15) is 22.8 Å². The number of amides is 2. The maximum Gasteiger partial charge on any atom is 0.416 e. The molecule has 132 valence electrons. The lowest BCUT2D eigenvalue weighted by Gasteiger charge is -2.18. The van der Waals surface area contributed by atoms with Gasteiger partial charge in [0, 0.05) is 19.2 Å². The fourth-order valence-electron chi connectivity index (χ4n) is 2.35. The summed E-state index contributed by atoms with van der Waals surface area (Å²) in [6.45, 7) is 0.221. The van der Waals surface area contributed by atoms with Crippen LogP contribution in [0.1, 0.15) is 27.0 Å². The Kier molecular flexibility index (Phi) is 5.46. The van der Waals surface area contributed by atoms with Crippen molar-refractivity contribution in [3.05, 3.63) is 70.8 Å². The van der Waals surface area contributed by atoms with Crippen molar-refractivity contribution in [2.45, 2.75) is 19.1 Å². The zero-order valence-electron chi connectivity index (χ0n) is 13.5. The van der Waals surface area contributed by atoms with E-state index in [0.29, 0.717) is 11.1 Å². The Morgan fingerprint density at radius 3 is 2.32 bits per heavy atom. The van der Waals surface area contributed by atoms with Crippen LogP contribution in [0.4, 0.5) is 13.2 Å². The number of rotatable bonds is 5. The minimum atomic E-state index is -4.44. The van der Waals surface area contributed by atoms with Crippen molar-refractivity contribution < 1.29 is 22.8 Å². The summed E-state index contributed by atoms with van der Waals surface area (Å²) in [6, 6.07) is 11.2. The second-order valence-electron chi connectivity index (χ2n) is 5.69. The lowest BCUT2D eigenvalue weighted by atomic mass is 10.1. The first-order valence-corrected chi connectivity index (χ1v) is 7.45. The summed E-state index contributed by atoms with van der Waals surface area (Å²) < 4.78 is 38.2. The Balaban J connectivity index is 2.06. The molecule has 2 aromatic carbocycles. The number of likely N-dealkylation sites (N-methyl/N-ethyl adjacent to an activating group) is 1. The number of carbonyl (C=O) groups excluding carboxylic acids is 2. The standard InChI is InChI=1S/C18H17F3N2O2/c1-23(11-13-5-2-6-14(8-13)17(22)25)16(24)10-12-4-3-7-15(9-12)18(19,20)21/h2-9H,10-11H2,1H3,(H2,22,25). The number of nitrogens with zero attached hydrogens (tertiary/aromatic N) is 1. The van der Waals surface area contributed by atoms with Gasteiger partial charge in [-0.3, -0.25) is 9.59 Å². The number of benzene rings is 2. The summed E-state index contributed by atoms with van der Waals surface area (Å²) in [5, 5.41) is 0. The molecule has 2 rings (SSSR count). The molecule has 0 aliphatic carbocycles. The van der Waals surface area contributed by atoms with E-state index in [1.54, 1.807) is 31.3 Å². The fourth-order valence-corrected chi connectivity index (χ4v) is 2.35. The lowest BCUT2D eigenvalue weighted by Crippen LogP contribution is -2.28. The van der Waals surface area contributed by atoms with Gasteiger partial charge in [0.25, 0.3) is 0 Å². The average Bonchev–Trinajstić information content (AvgIpc) is 2.54. The number of alkyl halides is 3. The van der Waals surface area contributed by atoms with E-state index >= 15 is 0 Å². The van der Waals surface area contributed by atoms with Gasteiger partial charge in [0.2, 0.25) is 11.8 Å². The summed E-state index contributed by atoms with van der Waals surface area (Å²) in [4.78, 5) is 24.8. The quantitative estimate of drug-likeness (QED) is 0.901. The lowest BCUT2D eigenvalue weighted by molar-refractivity contribution is -0.138. The van der Waals surface area contributed by atoms with E-state index < -0.39 is 17.6 Å². The van der Waals surface area contributed by atoms with Crippen molar-refractivity contribution in [1.29, 1.82) is 0 Å². The van der Waals surface area contributed by atoms with Crippen LogP contribution in [0.25, 0.3) is 0 Å². The van der Waals surface area contributed by atoms with Gasteiger partial charge < -0.3 is 10.6 Å². The van der Waals surface area contributed by atoms with E-state index in [1.165, 1.54) is 17.0 Å². The molecule has 0 fully saturated rings. The number of carbonyl (C=O) groups is 2. The van der Waals surface area contributed by atoms with Crippen LogP contribution >= 0.6 is 0 Å². The third-order valence-electron chi connectivity index (χ3n) is 3.67. The molecule has 0 atom stereocenters. The summed E-state index contributed by atoms with van der Waals surface area (Å²) in [6.07, 6.45) is -4.59. The van der Waals surface area contributed by atoms with Crippen LogP contribution in [0.5, 0.6) is 0 Å². The molecule has 0 radical (unpaired) electrons. The monoisotopic (exact) mass is 350 g/mol. The number of halogens is 3. The molecular weight excluding hydrogens is 333 g/mol. The smallest absolute Gasteiger partial charge is 0.366 e. The van der Waals surface area contributed by atoms with Gasteiger partial charge in [0.05, 0.1) is 12.0 Å². The van der Waals surface area contributed by atoms with E-state index in [1.807, 2.05) is 0 Å². The molecule has 0 spiro atoms. The highest BCUT2D eigenvalue weighted by molar-refractivity contribution is 5.92. The molecule has 2 N–H and O–H groups in total. The highest BCUT2D eigenvalue weighted by Crippen LogP contribution is 2.29. The summed E-state index contributed by atoms with van der Waals surface area (Å²) in [7, 11) is 1.55. The fraction of sp³-hybridized carbons (Fsp3) is 0.222. The van der Waals surface area contributed by atoms with Gasteiger partial charge in [-0.1, -0.05) is 30.3 Å². The van der Waals surface area contributed by atoms with Crippen LogP contribution in [0, 0.1) is 0 Å². The molecule has 0 saturated carbocycles. The van der Waals surface area contributed by atoms with E-state index in [2.05, 4.69) is 0 Å². The molecule has 7 heteroatoms. The Hall–Kier alpha value is -2.83. The topological polar surface area (TPSA) is 63.4 Å². The second-order valence-corrected chi connectivity index (χ2v) is 5.69. The molecule has 0 heterocycles. The van der Waals surface area contributed by atoms with Gasteiger partial charge in [-0.25, -0.2) is 0 Å². The van der Waals surface area contributed by atoms with Crippen LogP contribution in [0.15, 0.2) is 48.5 Å². The van der Waals surface area contributed by atoms with Gasteiger partial charge in [-0.15, -0.1) is 0 Å². The summed E-state index contributed by atoms with van der Waals surface area (Å²) in [5.74, 6) is -0.899. The normalized spacial score (nSPS) is 11.2. The molecule has 0 unspecified atom stereocenters. The Bertz CT molecular complexity index is 788. The van der Waals surface area contributed by atoms with Gasteiger partial charge in [-0.2, -0.15) is 13.2 Å².